The molecule has 0 heterocycles. The Balaban J connectivity index is 3.11. The second-order valence-corrected chi connectivity index (χ2v) is 2.20. The third kappa shape index (κ3) is 5.70. The van der Waals surface area contributed by atoms with Crippen molar-refractivity contribution in [1.29, 1.82) is 0 Å². The summed E-state index contributed by atoms with van der Waals surface area (Å²) in [4.78, 5) is 0. The van der Waals surface area contributed by atoms with Crippen molar-refractivity contribution in [1.82, 2.24) is 10.7 Å². The van der Waals surface area contributed by atoms with E-state index in [0.717, 1.165) is 0 Å². The topological polar surface area (TPSA) is 96.3 Å². The molecule has 0 aromatic rings. The van der Waals surface area contributed by atoms with Gasteiger partial charge in [-0.2, -0.15) is 0 Å². The van der Waals surface area contributed by atoms with Crippen LogP contribution in [-0.4, -0.2) is 23.0 Å². The van der Waals surface area contributed by atoms with Gasteiger partial charge in [0.2, 0.25) is 0 Å². The maximum atomic E-state index is 8.81. The van der Waals surface area contributed by atoms with Crippen molar-refractivity contribution in [2.75, 3.05) is 6.54 Å². The highest BCUT2D eigenvalue weighted by Gasteiger charge is 1.97. The molecule has 7 N–H and O–H groups in total. The summed E-state index contributed by atoms with van der Waals surface area (Å²) in [5.74, 6) is 4.90. The highest BCUT2D eigenvalue weighted by molar-refractivity contribution is 7.80. The zero-order valence-electron chi connectivity index (χ0n) is 5.50. The van der Waals surface area contributed by atoms with E-state index in [2.05, 4.69) is 23.0 Å². The van der Waals surface area contributed by atoms with Crippen molar-refractivity contribution in [2.45, 2.75) is 12.6 Å². The molecule has 0 saturated carbocycles. The van der Waals surface area contributed by atoms with Crippen LogP contribution >= 0.6 is 12.2 Å². The van der Waals surface area contributed by atoms with Gasteiger partial charge < -0.3 is 16.2 Å². The third-order valence-electron chi connectivity index (χ3n) is 0.909. The minimum Gasteiger partial charge on any atom is -0.377 e. The monoisotopic (exact) mass is 164 g/mol. The van der Waals surface area contributed by atoms with Gasteiger partial charge in [-0.15, -0.1) is 0 Å². The van der Waals surface area contributed by atoms with Crippen LogP contribution < -0.4 is 22.3 Å². The Morgan fingerprint density at radius 1 is 1.70 bits per heavy atom. The van der Waals surface area contributed by atoms with Crippen molar-refractivity contribution in [3.8, 4) is 0 Å². The lowest BCUT2D eigenvalue weighted by atomic mass is 10.4. The van der Waals surface area contributed by atoms with Gasteiger partial charge in [-0.3, -0.25) is 5.84 Å². The quantitative estimate of drug-likeness (QED) is 0.143. The molecule has 1 atom stereocenters. The molecule has 60 valence electrons. The van der Waals surface area contributed by atoms with Crippen LogP contribution in [0.15, 0.2) is 0 Å². The Hall–Kier alpha value is -0.430. The zero-order chi connectivity index (χ0) is 7.98. The lowest BCUT2D eigenvalue weighted by Gasteiger charge is -2.08. The predicted molar refractivity (Wildman–Crippen MR) is 42.7 cm³/mol. The molecule has 0 fully saturated rings. The molecule has 0 aliphatic carbocycles. The first-order chi connectivity index (χ1) is 4.66. The molecule has 0 aliphatic heterocycles. The second-order valence-electron chi connectivity index (χ2n) is 1.76. The molecule has 0 bridgehead atoms. The SMILES string of the molecule is NNC(O)CCNC(N)=S. The molecule has 6 heteroatoms. The summed E-state index contributed by atoms with van der Waals surface area (Å²) in [6, 6.07) is 0. The van der Waals surface area contributed by atoms with E-state index in [9.17, 15) is 0 Å². The molecule has 0 aromatic heterocycles. The Morgan fingerprint density at radius 3 is 2.70 bits per heavy atom. The minimum absolute atomic E-state index is 0.226. The van der Waals surface area contributed by atoms with Crippen molar-refractivity contribution < 1.29 is 5.11 Å². The number of aliphatic hydroxyl groups excluding tert-OH is 1. The Labute approximate surface area is 64.7 Å². The molecule has 0 aliphatic rings. The first-order valence-corrected chi connectivity index (χ1v) is 3.25. The number of thiocarbonyl (C=S) groups is 1. The Kier molecular flexibility index (Phi) is 5.13. The molecular weight excluding hydrogens is 152 g/mol. The first kappa shape index (κ1) is 9.57. The molecule has 0 amide bonds. The summed E-state index contributed by atoms with van der Waals surface area (Å²) in [5, 5.41) is 11.7. The molecule has 0 rings (SSSR count). The van der Waals surface area contributed by atoms with Crippen molar-refractivity contribution in [2.24, 2.45) is 11.6 Å². The van der Waals surface area contributed by atoms with Crippen LogP contribution in [0.4, 0.5) is 0 Å². The van der Waals surface area contributed by atoms with Crippen LogP contribution in [0.3, 0.4) is 0 Å². The summed E-state index contributed by atoms with van der Waals surface area (Å²) in [7, 11) is 0. The van der Waals surface area contributed by atoms with E-state index < -0.39 is 6.23 Å². The van der Waals surface area contributed by atoms with E-state index in [1.54, 1.807) is 0 Å². The number of aliphatic hydroxyl groups is 1. The van der Waals surface area contributed by atoms with Crippen LogP contribution in [0.1, 0.15) is 6.42 Å². The van der Waals surface area contributed by atoms with Gasteiger partial charge in [0.05, 0.1) is 0 Å². The van der Waals surface area contributed by atoms with Crippen LogP contribution in [0.5, 0.6) is 0 Å². The molecule has 0 spiro atoms. The standard InChI is InChI=1S/C4H12N4OS/c5-4(10)7-2-1-3(9)8-6/h3,8-9H,1-2,6H2,(H3,5,7,10). The fourth-order valence-electron chi connectivity index (χ4n) is 0.415. The molecular formula is C4H12N4OS. The van der Waals surface area contributed by atoms with Gasteiger partial charge in [-0.05, 0) is 12.2 Å². The third-order valence-corrected chi connectivity index (χ3v) is 1.05. The van der Waals surface area contributed by atoms with E-state index in [-0.39, 0.29) is 5.11 Å². The van der Waals surface area contributed by atoms with Gasteiger partial charge >= 0.3 is 0 Å². The zero-order valence-corrected chi connectivity index (χ0v) is 6.32. The lowest BCUT2D eigenvalue weighted by Crippen LogP contribution is -2.39. The van der Waals surface area contributed by atoms with Gasteiger partial charge in [0.25, 0.3) is 0 Å². The highest BCUT2D eigenvalue weighted by atomic mass is 32.1. The van der Waals surface area contributed by atoms with Crippen molar-refractivity contribution in [3.05, 3.63) is 0 Å². The number of hydrogen-bond donors (Lipinski definition) is 5. The normalized spacial score (nSPS) is 12.6. The largest absolute Gasteiger partial charge is 0.377 e. The molecule has 1 unspecified atom stereocenters. The summed E-state index contributed by atoms with van der Waals surface area (Å²) >= 11 is 4.52. The highest BCUT2D eigenvalue weighted by Crippen LogP contribution is 1.80. The Morgan fingerprint density at radius 2 is 2.30 bits per heavy atom. The Bertz CT molecular complexity index is 109. The smallest absolute Gasteiger partial charge is 0.163 e. The lowest BCUT2D eigenvalue weighted by molar-refractivity contribution is 0.130. The molecule has 0 aromatic carbocycles. The number of hydrazine groups is 1. The van der Waals surface area contributed by atoms with E-state index in [4.69, 9.17) is 16.7 Å². The van der Waals surface area contributed by atoms with Gasteiger partial charge in [0.15, 0.2) is 5.11 Å². The van der Waals surface area contributed by atoms with Gasteiger partial charge in [0.1, 0.15) is 6.23 Å². The average Bonchev–Trinajstić information content (AvgIpc) is 1.87. The summed E-state index contributed by atoms with van der Waals surface area (Å²) < 4.78 is 0. The molecule has 5 nitrogen and oxygen atoms in total. The summed E-state index contributed by atoms with van der Waals surface area (Å²) in [6.07, 6.45) is -0.241. The summed E-state index contributed by atoms with van der Waals surface area (Å²) in [5.41, 5.74) is 7.28. The first-order valence-electron chi connectivity index (χ1n) is 2.84. The van der Waals surface area contributed by atoms with E-state index in [1.165, 1.54) is 0 Å². The van der Waals surface area contributed by atoms with E-state index >= 15 is 0 Å². The maximum absolute atomic E-state index is 8.81. The van der Waals surface area contributed by atoms with Gasteiger partial charge in [0, 0.05) is 13.0 Å². The number of hydrogen-bond acceptors (Lipinski definition) is 4. The molecule has 0 saturated heterocycles. The van der Waals surface area contributed by atoms with Gasteiger partial charge in [-0.1, -0.05) is 0 Å². The number of nitrogens with two attached hydrogens (primary N) is 2. The number of rotatable bonds is 4. The van der Waals surface area contributed by atoms with E-state index in [1.807, 2.05) is 0 Å². The van der Waals surface area contributed by atoms with E-state index in [0.29, 0.717) is 13.0 Å². The molecule has 0 radical (unpaired) electrons. The second kappa shape index (κ2) is 5.36. The van der Waals surface area contributed by atoms with Crippen molar-refractivity contribution >= 4 is 17.3 Å². The van der Waals surface area contributed by atoms with Crippen LogP contribution in [0.2, 0.25) is 0 Å². The molecule has 10 heavy (non-hydrogen) atoms. The minimum atomic E-state index is -0.707. The van der Waals surface area contributed by atoms with Crippen LogP contribution in [-0.2, 0) is 0 Å². The van der Waals surface area contributed by atoms with Gasteiger partial charge in [-0.25, -0.2) is 5.43 Å². The van der Waals surface area contributed by atoms with Crippen LogP contribution in [0.25, 0.3) is 0 Å². The predicted octanol–water partition coefficient (Wildman–Crippen LogP) is -2.01. The average molecular weight is 164 g/mol. The maximum Gasteiger partial charge on any atom is 0.163 e. The summed E-state index contributed by atoms with van der Waals surface area (Å²) in [6.45, 7) is 0.515. The fraction of sp³-hybridized carbons (Fsp3) is 0.750. The fourth-order valence-corrected chi connectivity index (χ4v) is 0.517. The number of nitrogens with one attached hydrogen (secondary N) is 2. The van der Waals surface area contributed by atoms with Crippen molar-refractivity contribution in [3.63, 3.8) is 0 Å². The van der Waals surface area contributed by atoms with Crippen LogP contribution in [0, 0.1) is 0 Å².